The number of methoxy groups -OCH3 is 1. The summed E-state index contributed by atoms with van der Waals surface area (Å²) in [5.74, 6) is 0.902. The molecule has 0 spiro atoms. The number of nitrogens with zero attached hydrogens (tertiary/aromatic N) is 1. The SMILES string of the molecule is CCOC(=O)c1c(NC(=O)c2ccc(O[C@@H](C)C(=O)N/N=C\c3ccc(OC(C)C)c(OC)c3)cc2)sc2c1CC[C@@H](C)C2. The molecule has 10 nitrogen and oxygen atoms in total. The maximum absolute atomic E-state index is 13.1. The largest absolute Gasteiger partial charge is 0.493 e. The Balaban J connectivity index is 1.35. The molecule has 2 aromatic carbocycles. The molecule has 4 rings (SSSR count). The summed E-state index contributed by atoms with van der Waals surface area (Å²) in [6.45, 7) is 9.67. The fraction of sp³-hybridized carbons (Fsp3) is 0.394. The first-order valence-electron chi connectivity index (χ1n) is 14.7. The van der Waals surface area contributed by atoms with Gasteiger partial charge in [0.1, 0.15) is 10.8 Å². The molecule has 0 aliphatic heterocycles. The third-order valence-electron chi connectivity index (χ3n) is 6.96. The van der Waals surface area contributed by atoms with E-state index in [4.69, 9.17) is 18.9 Å². The molecular formula is C33H39N3O7S. The Morgan fingerprint density at radius 2 is 1.82 bits per heavy atom. The number of hydrogen-bond donors (Lipinski definition) is 2. The molecule has 11 heteroatoms. The van der Waals surface area contributed by atoms with Crippen LogP contribution in [0.3, 0.4) is 0 Å². The smallest absolute Gasteiger partial charge is 0.341 e. The van der Waals surface area contributed by atoms with Gasteiger partial charge in [0.25, 0.3) is 11.8 Å². The molecule has 1 aliphatic carbocycles. The van der Waals surface area contributed by atoms with Crippen LogP contribution < -0.4 is 25.0 Å². The molecule has 44 heavy (non-hydrogen) atoms. The Kier molecular flexibility index (Phi) is 11.0. The number of fused-ring (bicyclic) bond motifs is 1. The number of esters is 1. The van der Waals surface area contributed by atoms with Crippen molar-refractivity contribution in [2.75, 3.05) is 19.0 Å². The molecular weight excluding hydrogens is 582 g/mol. The Bertz CT molecular complexity index is 1510. The lowest BCUT2D eigenvalue weighted by atomic mass is 9.88. The van der Waals surface area contributed by atoms with E-state index in [9.17, 15) is 14.4 Å². The minimum atomic E-state index is -0.852. The van der Waals surface area contributed by atoms with Gasteiger partial charge < -0.3 is 24.3 Å². The van der Waals surface area contributed by atoms with Gasteiger partial charge in [0.15, 0.2) is 17.6 Å². The van der Waals surface area contributed by atoms with E-state index >= 15 is 0 Å². The van der Waals surface area contributed by atoms with Gasteiger partial charge in [0, 0.05) is 10.4 Å². The third kappa shape index (κ3) is 8.16. The minimum Gasteiger partial charge on any atom is -0.493 e. The predicted octanol–water partition coefficient (Wildman–Crippen LogP) is 6.02. The van der Waals surface area contributed by atoms with Crippen LogP contribution in [0.4, 0.5) is 5.00 Å². The van der Waals surface area contributed by atoms with E-state index in [0.717, 1.165) is 29.7 Å². The van der Waals surface area contributed by atoms with Crippen LogP contribution in [0.25, 0.3) is 0 Å². The second kappa shape index (κ2) is 14.9. The highest BCUT2D eigenvalue weighted by Crippen LogP contribution is 2.40. The van der Waals surface area contributed by atoms with Gasteiger partial charge >= 0.3 is 5.97 Å². The van der Waals surface area contributed by atoms with Crippen LogP contribution in [0, 0.1) is 5.92 Å². The Morgan fingerprint density at radius 3 is 2.50 bits per heavy atom. The summed E-state index contributed by atoms with van der Waals surface area (Å²) in [7, 11) is 1.56. The van der Waals surface area contributed by atoms with Gasteiger partial charge in [-0.3, -0.25) is 9.59 Å². The number of ether oxygens (including phenoxy) is 4. The quantitative estimate of drug-likeness (QED) is 0.144. The van der Waals surface area contributed by atoms with Crippen molar-refractivity contribution in [2.24, 2.45) is 11.0 Å². The van der Waals surface area contributed by atoms with Crippen molar-refractivity contribution in [3.8, 4) is 17.2 Å². The zero-order chi connectivity index (χ0) is 31.8. The molecule has 0 saturated carbocycles. The zero-order valence-electron chi connectivity index (χ0n) is 25.9. The van der Waals surface area contributed by atoms with Gasteiger partial charge in [-0.05, 0) is 106 Å². The van der Waals surface area contributed by atoms with Gasteiger partial charge in [-0.2, -0.15) is 5.10 Å². The number of rotatable bonds is 12. The average molecular weight is 622 g/mol. The average Bonchev–Trinajstić information content (AvgIpc) is 3.34. The summed E-state index contributed by atoms with van der Waals surface area (Å²) in [6, 6.07) is 11.8. The van der Waals surface area contributed by atoms with Crippen molar-refractivity contribution in [1.82, 2.24) is 5.43 Å². The number of amides is 2. The number of benzene rings is 2. The number of hydrogen-bond acceptors (Lipinski definition) is 9. The van der Waals surface area contributed by atoms with Crippen LogP contribution in [-0.2, 0) is 22.4 Å². The highest BCUT2D eigenvalue weighted by Gasteiger charge is 2.29. The normalized spacial score (nSPS) is 14.9. The molecule has 2 N–H and O–H groups in total. The van der Waals surface area contributed by atoms with E-state index in [1.165, 1.54) is 17.6 Å². The van der Waals surface area contributed by atoms with Gasteiger partial charge in [-0.1, -0.05) is 6.92 Å². The summed E-state index contributed by atoms with van der Waals surface area (Å²) in [5.41, 5.74) is 5.02. The lowest BCUT2D eigenvalue weighted by molar-refractivity contribution is -0.127. The van der Waals surface area contributed by atoms with Gasteiger partial charge in [-0.15, -0.1) is 11.3 Å². The molecule has 0 radical (unpaired) electrons. The van der Waals surface area contributed by atoms with Gasteiger partial charge in [-0.25, -0.2) is 10.2 Å². The first-order valence-corrected chi connectivity index (χ1v) is 15.5. The standard InChI is InChI=1S/C33H39N3O7S/c1-7-41-33(39)29-25-14-8-20(4)16-28(25)44-32(29)35-31(38)23-10-12-24(13-11-23)43-21(5)30(37)36-34-18-22-9-15-26(42-19(2)3)27(17-22)40-6/h9-13,15,17-21H,7-8,14,16H2,1-6H3,(H,35,38)(H,36,37)/b34-18-/t20-,21+/m1/s1. The molecule has 0 bridgehead atoms. The lowest BCUT2D eigenvalue weighted by Gasteiger charge is -2.18. The van der Waals surface area contributed by atoms with E-state index in [-0.39, 0.29) is 18.6 Å². The zero-order valence-corrected chi connectivity index (χ0v) is 26.7. The summed E-state index contributed by atoms with van der Waals surface area (Å²) >= 11 is 1.44. The lowest BCUT2D eigenvalue weighted by Crippen LogP contribution is -2.33. The molecule has 234 valence electrons. The van der Waals surface area contributed by atoms with Crippen molar-refractivity contribution in [2.45, 2.75) is 66.1 Å². The highest BCUT2D eigenvalue weighted by molar-refractivity contribution is 7.17. The molecule has 2 amide bonds. The van der Waals surface area contributed by atoms with E-state index in [1.54, 1.807) is 63.4 Å². The van der Waals surface area contributed by atoms with Crippen molar-refractivity contribution < 1.29 is 33.3 Å². The topological polar surface area (TPSA) is 125 Å². The molecule has 0 fully saturated rings. The highest BCUT2D eigenvalue weighted by atomic mass is 32.1. The van der Waals surface area contributed by atoms with Gasteiger partial charge in [0.2, 0.25) is 0 Å². The maximum Gasteiger partial charge on any atom is 0.341 e. The van der Waals surface area contributed by atoms with Crippen molar-refractivity contribution in [3.63, 3.8) is 0 Å². The summed E-state index contributed by atoms with van der Waals surface area (Å²) < 4.78 is 22.1. The van der Waals surface area contributed by atoms with E-state index < -0.39 is 18.0 Å². The number of nitrogens with one attached hydrogen (secondary N) is 2. The van der Waals surface area contributed by atoms with Crippen molar-refractivity contribution >= 4 is 40.3 Å². The molecule has 0 saturated heterocycles. The Morgan fingerprint density at radius 1 is 1.07 bits per heavy atom. The number of carbonyl (C=O) groups is 3. The molecule has 2 atom stereocenters. The number of hydrazone groups is 1. The monoisotopic (exact) mass is 621 g/mol. The molecule has 1 aromatic heterocycles. The molecule has 1 aliphatic rings. The van der Waals surface area contributed by atoms with E-state index in [0.29, 0.717) is 44.9 Å². The predicted molar refractivity (Wildman–Crippen MR) is 170 cm³/mol. The minimum absolute atomic E-state index is 0.00379. The third-order valence-corrected chi connectivity index (χ3v) is 8.13. The van der Waals surface area contributed by atoms with Crippen molar-refractivity contribution in [1.29, 1.82) is 0 Å². The van der Waals surface area contributed by atoms with Crippen LogP contribution in [0.1, 0.15) is 77.8 Å². The number of thiophene rings is 1. The van der Waals surface area contributed by atoms with Crippen LogP contribution in [0.15, 0.2) is 47.6 Å². The van der Waals surface area contributed by atoms with Crippen LogP contribution in [-0.4, -0.2) is 49.9 Å². The fourth-order valence-electron chi connectivity index (χ4n) is 4.75. The van der Waals surface area contributed by atoms with Crippen LogP contribution >= 0.6 is 11.3 Å². The van der Waals surface area contributed by atoms with Crippen molar-refractivity contribution in [3.05, 3.63) is 69.6 Å². The maximum atomic E-state index is 13.1. The molecule has 3 aromatic rings. The number of carbonyl (C=O) groups excluding carboxylic acids is 3. The first kappa shape index (κ1) is 32.5. The van der Waals surface area contributed by atoms with E-state index in [2.05, 4.69) is 22.8 Å². The summed E-state index contributed by atoms with van der Waals surface area (Å²) in [5, 5.41) is 7.45. The molecule has 0 unspecified atom stereocenters. The number of anilines is 1. The summed E-state index contributed by atoms with van der Waals surface area (Å²) in [4.78, 5) is 39.6. The van der Waals surface area contributed by atoms with Gasteiger partial charge in [0.05, 0.1) is 31.6 Å². The fourth-order valence-corrected chi connectivity index (χ4v) is 6.15. The Labute approximate surface area is 261 Å². The summed E-state index contributed by atoms with van der Waals surface area (Å²) in [6.07, 6.45) is 3.30. The Hall–Kier alpha value is -4.38. The van der Waals surface area contributed by atoms with Crippen LogP contribution in [0.5, 0.6) is 17.2 Å². The van der Waals surface area contributed by atoms with E-state index in [1.807, 2.05) is 13.8 Å². The second-order valence-corrected chi connectivity index (χ2v) is 11.9. The van der Waals surface area contributed by atoms with Crippen LogP contribution in [0.2, 0.25) is 0 Å². The molecule has 1 heterocycles. The first-order chi connectivity index (χ1) is 21.1. The second-order valence-electron chi connectivity index (χ2n) is 10.8.